The molecule has 0 aliphatic carbocycles. The Morgan fingerprint density at radius 3 is 1.82 bits per heavy atom. The Kier molecular flexibility index (Phi) is 24.4. The highest BCUT2D eigenvalue weighted by molar-refractivity contribution is 5.91. The van der Waals surface area contributed by atoms with E-state index in [1.54, 1.807) is 24.3 Å². The molecule has 288 valence electrons. The van der Waals surface area contributed by atoms with Crippen molar-refractivity contribution in [1.29, 1.82) is 0 Å². The smallest absolute Gasteiger partial charge is 0.330 e. The largest absolute Gasteiger partial charge is 0.468 e. The average Bonchev–Trinajstić information content (AvgIpc) is 3.13. The number of nitrogens with one attached hydrogen (secondary N) is 3. The molecule has 0 unspecified atom stereocenters. The van der Waals surface area contributed by atoms with Crippen molar-refractivity contribution >= 4 is 35.6 Å². The fourth-order valence-electron chi connectivity index (χ4n) is 5.09. The molecule has 0 aromatic heterocycles. The van der Waals surface area contributed by atoms with Crippen molar-refractivity contribution in [3.8, 4) is 0 Å². The van der Waals surface area contributed by atoms with Gasteiger partial charge in [0, 0.05) is 12.8 Å². The van der Waals surface area contributed by atoms with Crippen LogP contribution in [0.3, 0.4) is 0 Å². The average molecular weight is 721 g/mol. The molecule has 1 aromatic carbocycles. The molecule has 1 rings (SSSR count). The monoisotopic (exact) mass is 720 g/mol. The molecule has 0 spiro atoms. The fraction of sp³-hybridized carbons (Fsp3) is 0.676. The van der Waals surface area contributed by atoms with Gasteiger partial charge in [-0.2, -0.15) is 0 Å². The minimum absolute atomic E-state index is 0.0566. The predicted molar refractivity (Wildman–Crippen MR) is 191 cm³/mol. The first-order valence-corrected chi connectivity index (χ1v) is 18.1. The van der Waals surface area contributed by atoms with Crippen LogP contribution >= 0.6 is 0 Å². The standard InChI is InChI=1S/C37H60N4O10/c1-5-6-7-8-9-10-11-12-13-14-18-21-32(42)39-27(2)34(44)41-30(37(47)51-24-28-19-16-15-17-20-28)22-23-33(43)40-31(36(46)49-4)26-50-25-29(38)35(45)48-3/h15-17,19-20,27,29-31H,5-14,18,21-26,38H2,1-4H3,(H,39,42)(H,40,43)(H,41,44)/t27-,29+,30+,31-/m0/s1. The van der Waals surface area contributed by atoms with Gasteiger partial charge in [-0.05, 0) is 25.3 Å². The highest BCUT2D eigenvalue weighted by atomic mass is 16.5. The lowest BCUT2D eigenvalue weighted by Crippen LogP contribution is -2.51. The summed E-state index contributed by atoms with van der Waals surface area (Å²) < 4.78 is 20.0. The van der Waals surface area contributed by atoms with Crippen LogP contribution in [0.2, 0.25) is 0 Å². The number of carbonyl (C=O) groups excluding carboxylic acids is 6. The van der Waals surface area contributed by atoms with E-state index in [9.17, 15) is 28.8 Å². The first kappa shape index (κ1) is 45.0. The Morgan fingerprint density at radius 2 is 1.24 bits per heavy atom. The Morgan fingerprint density at radius 1 is 0.667 bits per heavy atom. The van der Waals surface area contributed by atoms with Crippen molar-refractivity contribution in [3.05, 3.63) is 35.9 Å². The summed E-state index contributed by atoms with van der Waals surface area (Å²) in [5.74, 6) is -3.82. The number of unbranched alkanes of at least 4 members (excludes halogenated alkanes) is 10. The lowest BCUT2D eigenvalue weighted by Gasteiger charge is -2.21. The highest BCUT2D eigenvalue weighted by Crippen LogP contribution is 2.12. The zero-order valence-corrected chi connectivity index (χ0v) is 30.9. The zero-order valence-electron chi connectivity index (χ0n) is 30.9. The molecule has 0 saturated carbocycles. The molecule has 5 N–H and O–H groups in total. The Labute approximate surface area is 302 Å². The number of amides is 3. The summed E-state index contributed by atoms with van der Waals surface area (Å²) in [7, 11) is 2.30. The molecule has 0 heterocycles. The van der Waals surface area contributed by atoms with Gasteiger partial charge >= 0.3 is 17.9 Å². The summed E-state index contributed by atoms with van der Waals surface area (Å²) in [6.07, 6.45) is 12.6. The second-order valence-electron chi connectivity index (χ2n) is 12.6. The van der Waals surface area contributed by atoms with Gasteiger partial charge in [-0.25, -0.2) is 9.59 Å². The van der Waals surface area contributed by atoms with Crippen LogP contribution < -0.4 is 21.7 Å². The van der Waals surface area contributed by atoms with Crippen LogP contribution in [0.1, 0.15) is 109 Å². The minimum Gasteiger partial charge on any atom is -0.468 e. The number of ether oxygens (including phenoxy) is 4. The number of rotatable bonds is 28. The predicted octanol–water partition coefficient (Wildman–Crippen LogP) is 3.38. The molecular weight excluding hydrogens is 660 g/mol. The van der Waals surface area contributed by atoms with Crippen molar-refractivity contribution in [1.82, 2.24) is 16.0 Å². The Balaban J connectivity index is 2.66. The third kappa shape index (κ3) is 21.0. The van der Waals surface area contributed by atoms with E-state index in [4.69, 9.17) is 19.9 Å². The summed E-state index contributed by atoms with van der Waals surface area (Å²) in [6.45, 7) is 3.05. The lowest BCUT2D eigenvalue weighted by molar-refractivity contribution is -0.150. The summed E-state index contributed by atoms with van der Waals surface area (Å²) in [4.78, 5) is 75.3. The number of benzene rings is 1. The van der Waals surface area contributed by atoms with Gasteiger partial charge in [-0.1, -0.05) is 101 Å². The van der Waals surface area contributed by atoms with E-state index in [1.165, 1.54) is 59.0 Å². The molecule has 0 bridgehead atoms. The van der Waals surface area contributed by atoms with Crippen LogP contribution in [0.4, 0.5) is 0 Å². The molecule has 51 heavy (non-hydrogen) atoms. The van der Waals surface area contributed by atoms with Gasteiger partial charge in [0.15, 0.2) is 6.04 Å². The summed E-state index contributed by atoms with van der Waals surface area (Å²) in [6, 6.07) is 4.44. The number of methoxy groups -OCH3 is 2. The Bertz CT molecular complexity index is 1180. The molecule has 4 atom stereocenters. The molecule has 0 aliphatic heterocycles. The van der Waals surface area contributed by atoms with Crippen molar-refractivity contribution in [2.75, 3.05) is 27.4 Å². The molecule has 14 heteroatoms. The molecule has 3 amide bonds. The van der Waals surface area contributed by atoms with Gasteiger partial charge in [0.1, 0.15) is 24.7 Å². The van der Waals surface area contributed by atoms with Crippen LogP contribution in [0.5, 0.6) is 0 Å². The maximum Gasteiger partial charge on any atom is 0.330 e. The van der Waals surface area contributed by atoms with E-state index in [0.29, 0.717) is 0 Å². The fourth-order valence-corrected chi connectivity index (χ4v) is 5.09. The topological polar surface area (TPSA) is 201 Å². The molecular formula is C37H60N4O10. The van der Waals surface area contributed by atoms with Gasteiger partial charge in [-0.15, -0.1) is 0 Å². The van der Waals surface area contributed by atoms with Crippen LogP contribution in [0.15, 0.2) is 30.3 Å². The van der Waals surface area contributed by atoms with Gasteiger partial charge in [0.2, 0.25) is 17.7 Å². The second-order valence-corrected chi connectivity index (χ2v) is 12.6. The Hall–Kier alpha value is -4.04. The SMILES string of the molecule is CCCCCCCCCCCCCC(=O)N[C@@H](C)C(=O)N[C@H](CCC(=O)N[C@@H](COC[C@@H](N)C(=O)OC)C(=O)OC)C(=O)OCc1ccccc1. The minimum atomic E-state index is -1.24. The third-order valence-corrected chi connectivity index (χ3v) is 8.17. The van der Waals surface area contributed by atoms with E-state index in [1.807, 2.05) is 6.07 Å². The molecule has 0 saturated heterocycles. The summed E-state index contributed by atoms with van der Waals surface area (Å²) in [5.41, 5.74) is 6.36. The number of carbonyl (C=O) groups is 6. The van der Waals surface area contributed by atoms with Crippen molar-refractivity contribution in [3.63, 3.8) is 0 Å². The molecule has 0 radical (unpaired) electrons. The summed E-state index contributed by atoms with van der Waals surface area (Å²) in [5, 5.41) is 7.74. The number of nitrogens with two attached hydrogens (primary N) is 1. The number of hydrogen-bond donors (Lipinski definition) is 4. The van der Waals surface area contributed by atoms with E-state index in [2.05, 4.69) is 27.6 Å². The van der Waals surface area contributed by atoms with E-state index < -0.39 is 53.9 Å². The summed E-state index contributed by atoms with van der Waals surface area (Å²) >= 11 is 0. The molecule has 14 nitrogen and oxygen atoms in total. The highest BCUT2D eigenvalue weighted by Gasteiger charge is 2.28. The second kappa shape index (κ2) is 27.7. The van der Waals surface area contributed by atoms with Gasteiger partial charge in [0.25, 0.3) is 0 Å². The van der Waals surface area contributed by atoms with Crippen LogP contribution in [0.25, 0.3) is 0 Å². The van der Waals surface area contributed by atoms with Gasteiger partial charge < -0.3 is 40.6 Å². The molecule has 0 fully saturated rings. The zero-order chi connectivity index (χ0) is 37.9. The van der Waals surface area contributed by atoms with Gasteiger partial charge in [-0.3, -0.25) is 19.2 Å². The van der Waals surface area contributed by atoms with E-state index in [-0.39, 0.29) is 45.0 Å². The van der Waals surface area contributed by atoms with Crippen molar-refractivity contribution < 1.29 is 47.7 Å². The lowest BCUT2D eigenvalue weighted by atomic mass is 10.1. The van der Waals surface area contributed by atoms with Crippen LogP contribution in [-0.4, -0.2) is 87.2 Å². The van der Waals surface area contributed by atoms with Crippen molar-refractivity contribution in [2.24, 2.45) is 5.73 Å². The van der Waals surface area contributed by atoms with E-state index in [0.717, 1.165) is 38.4 Å². The first-order chi connectivity index (χ1) is 24.5. The van der Waals surface area contributed by atoms with Crippen molar-refractivity contribution in [2.45, 2.75) is 135 Å². The molecule has 1 aromatic rings. The maximum absolute atomic E-state index is 13.1. The number of esters is 3. The quantitative estimate of drug-likeness (QED) is 0.0562. The van der Waals surface area contributed by atoms with Gasteiger partial charge in [0.05, 0.1) is 27.4 Å². The first-order valence-electron chi connectivity index (χ1n) is 18.1. The maximum atomic E-state index is 13.1. The number of hydrogen-bond acceptors (Lipinski definition) is 11. The van der Waals surface area contributed by atoms with E-state index >= 15 is 0 Å². The molecule has 0 aliphatic rings. The van der Waals surface area contributed by atoms with Crippen LogP contribution in [0, 0.1) is 0 Å². The third-order valence-electron chi connectivity index (χ3n) is 8.17. The van der Waals surface area contributed by atoms with Crippen LogP contribution in [-0.2, 0) is 54.3 Å². The normalized spacial score (nSPS) is 13.2.